The highest BCUT2D eigenvalue weighted by Gasteiger charge is 2.24. The fourth-order valence-corrected chi connectivity index (χ4v) is 3.75. The van der Waals surface area contributed by atoms with Gasteiger partial charge in [0.25, 0.3) is 0 Å². The number of aromatic nitrogens is 1. The first-order valence-electron chi connectivity index (χ1n) is 6.77. The lowest BCUT2D eigenvalue weighted by atomic mass is 10.00. The van der Waals surface area contributed by atoms with Crippen molar-refractivity contribution in [2.75, 3.05) is 12.3 Å². The second-order valence-corrected chi connectivity index (χ2v) is 6.31. The van der Waals surface area contributed by atoms with Gasteiger partial charge in [-0.1, -0.05) is 31.4 Å². The lowest BCUT2D eigenvalue weighted by Gasteiger charge is -2.23. The smallest absolute Gasteiger partial charge is 0.0961 e. The molecule has 1 heterocycles. The van der Waals surface area contributed by atoms with E-state index in [2.05, 4.69) is 17.2 Å². The number of nitrogens with one attached hydrogen (secondary N) is 1. The summed E-state index contributed by atoms with van der Waals surface area (Å²) in [5.74, 6) is 1.96. The standard InChI is InChI=1S/C14H21ClN2S/c1-2-16-13(11-5-3-4-6-11)10-18-14-8-7-12(15)9-17-14/h7-9,11,13,16H,2-6,10H2,1H3. The highest BCUT2D eigenvalue weighted by molar-refractivity contribution is 7.99. The van der Waals surface area contributed by atoms with Gasteiger partial charge in [0.1, 0.15) is 0 Å². The third kappa shape index (κ3) is 4.15. The summed E-state index contributed by atoms with van der Waals surface area (Å²) in [5.41, 5.74) is 0. The van der Waals surface area contributed by atoms with Crippen molar-refractivity contribution in [2.45, 2.75) is 43.7 Å². The van der Waals surface area contributed by atoms with Gasteiger partial charge in [0, 0.05) is 18.0 Å². The van der Waals surface area contributed by atoms with Gasteiger partial charge in [0.15, 0.2) is 0 Å². The van der Waals surface area contributed by atoms with Gasteiger partial charge in [-0.05, 0) is 37.4 Å². The first-order chi connectivity index (χ1) is 8.79. The van der Waals surface area contributed by atoms with Gasteiger partial charge in [-0.2, -0.15) is 0 Å². The van der Waals surface area contributed by atoms with Crippen molar-refractivity contribution in [3.63, 3.8) is 0 Å². The highest BCUT2D eigenvalue weighted by Crippen LogP contribution is 2.30. The van der Waals surface area contributed by atoms with Crippen LogP contribution in [0.15, 0.2) is 23.4 Å². The maximum absolute atomic E-state index is 5.84. The SMILES string of the molecule is CCNC(CSc1ccc(Cl)cn1)C1CCCC1. The van der Waals surface area contributed by atoms with Crippen LogP contribution in [0.25, 0.3) is 0 Å². The average molecular weight is 285 g/mol. The number of rotatable bonds is 6. The van der Waals surface area contributed by atoms with Crippen LogP contribution in [-0.4, -0.2) is 23.3 Å². The van der Waals surface area contributed by atoms with Crippen LogP contribution < -0.4 is 5.32 Å². The molecule has 2 nitrogen and oxygen atoms in total. The number of hydrogen-bond donors (Lipinski definition) is 1. The molecule has 1 unspecified atom stereocenters. The van der Waals surface area contributed by atoms with Crippen molar-refractivity contribution >= 4 is 23.4 Å². The van der Waals surface area contributed by atoms with Crippen LogP contribution in [0.2, 0.25) is 5.02 Å². The molecule has 0 saturated heterocycles. The molecular weight excluding hydrogens is 264 g/mol. The molecule has 18 heavy (non-hydrogen) atoms. The lowest BCUT2D eigenvalue weighted by molar-refractivity contribution is 0.394. The molecule has 0 spiro atoms. The van der Waals surface area contributed by atoms with Gasteiger partial charge >= 0.3 is 0 Å². The number of thioether (sulfide) groups is 1. The largest absolute Gasteiger partial charge is 0.313 e. The molecule has 1 aromatic heterocycles. The Bertz CT molecular complexity index is 349. The van der Waals surface area contributed by atoms with Crippen molar-refractivity contribution in [3.05, 3.63) is 23.4 Å². The quantitative estimate of drug-likeness (QED) is 0.800. The van der Waals surface area contributed by atoms with E-state index in [9.17, 15) is 0 Å². The Kier molecular flexibility index (Phi) is 5.80. The zero-order valence-corrected chi connectivity index (χ0v) is 12.4. The predicted octanol–water partition coefficient (Wildman–Crippen LogP) is 4.00. The zero-order chi connectivity index (χ0) is 12.8. The highest BCUT2D eigenvalue weighted by atomic mass is 35.5. The summed E-state index contributed by atoms with van der Waals surface area (Å²) in [5, 5.41) is 5.41. The molecule has 0 aromatic carbocycles. The molecule has 1 aliphatic rings. The average Bonchev–Trinajstić information content (AvgIpc) is 2.90. The number of halogens is 1. The molecule has 0 amide bonds. The fraction of sp³-hybridized carbons (Fsp3) is 0.643. The van der Waals surface area contributed by atoms with Crippen molar-refractivity contribution < 1.29 is 0 Å². The summed E-state index contributed by atoms with van der Waals surface area (Å²) in [6.45, 7) is 3.24. The van der Waals surface area contributed by atoms with Crippen LogP contribution in [-0.2, 0) is 0 Å². The van der Waals surface area contributed by atoms with Gasteiger partial charge in [0.05, 0.1) is 10.0 Å². The van der Waals surface area contributed by atoms with E-state index in [-0.39, 0.29) is 0 Å². The van der Waals surface area contributed by atoms with E-state index in [1.54, 1.807) is 6.20 Å². The first-order valence-corrected chi connectivity index (χ1v) is 8.13. The Morgan fingerprint density at radius 1 is 1.44 bits per heavy atom. The Hall–Kier alpha value is -0.250. The van der Waals surface area contributed by atoms with Crippen LogP contribution in [0.1, 0.15) is 32.6 Å². The third-order valence-corrected chi connectivity index (χ3v) is 4.83. The summed E-state index contributed by atoms with van der Waals surface area (Å²) < 4.78 is 0. The molecule has 1 N–H and O–H groups in total. The van der Waals surface area contributed by atoms with Gasteiger partial charge < -0.3 is 5.32 Å². The summed E-state index contributed by atoms with van der Waals surface area (Å²) in [7, 11) is 0. The summed E-state index contributed by atoms with van der Waals surface area (Å²) in [6, 6.07) is 4.54. The maximum atomic E-state index is 5.84. The van der Waals surface area contributed by atoms with E-state index >= 15 is 0 Å². The number of hydrogen-bond acceptors (Lipinski definition) is 3. The minimum absolute atomic E-state index is 0.625. The normalized spacial score (nSPS) is 18.1. The minimum Gasteiger partial charge on any atom is -0.313 e. The Labute approximate surface area is 119 Å². The maximum Gasteiger partial charge on any atom is 0.0961 e. The Morgan fingerprint density at radius 2 is 2.22 bits per heavy atom. The van der Waals surface area contributed by atoms with Crippen LogP contribution in [0, 0.1) is 5.92 Å². The van der Waals surface area contributed by atoms with E-state index in [1.165, 1.54) is 25.7 Å². The second-order valence-electron chi connectivity index (χ2n) is 4.83. The number of pyridine rings is 1. The molecule has 1 saturated carbocycles. The van der Waals surface area contributed by atoms with E-state index in [1.807, 2.05) is 23.9 Å². The molecule has 100 valence electrons. The summed E-state index contributed by atoms with van der Waals surface area (Å²) in [4.78, 5) is 4.34. The molecule has 1 aromatic rings. The molecule has 0 bridgehead atoms. The van der Waals surface area contributed by atoms with Gasteiger partial charge in [-0.3, -0.25) is 0 Å². The molecule has 0 aliphatic heterocycles. The van der Waals surface area contributed by atoms with E-state index in [0.29, 0.717) is 11.1 Å². The molecule has 1 aliphatic carbocycles. The third-order valence-electron chi connectivity index (χ3n) is 3.55. The van der Waals surface area contributed by atoms with E-state index in [4.69, 9.17) is 11.6 Å². The van der Waals surface area contributed by atoms with Crippen LogP contribution >= 0.6 is 23.4 Å². The van der Waals surface area contributed by atoms with Crippen molar-refractivity contribution in [3.8, 4) is 0 Å². The van der Waals surface area contributed by atoms with Crippen molar-refractivity contribution in [1.82, 2.24) is 10.3 Å². The Balaban J connectivity index is 1.86. The summed E-state index contributed by atoms with van der Waals surface area (Å²) >= 11 is 7.68. The molecule has 0 radical (unpaired) electrons. The van der Waals surface area contributed by atoms with Crippen LogP contribution in [0.5, 0.6) is 0 Å². The first kappa shape index (κ1) is 14.2. The molecule has 1 fully saturated rings. The van der Waals surface area contributed by atoms with E-state index < -0.39 is 0 Å². The van der Waals surface area contributed by atoms with Crippen molar-refractivity contribution in [2.24, 2.45) is 5.92 Å². The van der Waals surface area contributed by atoms with E-state index in [0.717, 1.165) is 23.2 Å². The van der Waals surface area contributed by atoms with Gasteiger partial charge in [0.2, 0.25) is 0 Å². The number of nitrogens with zero attached hydrogens (tertiary/aromatic N) is 1. The molecular formula is C14H21ClN2S. The van der Waals surface area contributed by atoms with Crippen molar-refractivity contribution in [1.29, 1.82) is 0 Å². The monoisotopic (exact) mass is 284 g/mol. The molecule has 2 rings (SSSR count). The van der Waals surface area contributed by atoms with Gasteiger partial charge in [-0.25, -0.2) is 4.98 Å². The molecule has 4 heteroatoms. The predicted molar refractivity (Wildman–Crippen MR) is 79.4 cm³/mol. The fourth-order valence-electron chi connectivity index (χ4n) is 2.61. The zero-order valence-electron chi connectivity index (χ0n) is 10.9. The Morgan fingerprint density at radius 3 is 2.83 bits per heavy atom. The van der Waals surface area contributed by atoms with Gasteiger partial charge in [-0.15, -0.1) is 11.8 Å². The van der Waals surface area contributed by atoms with Crippen LogP contribution in [0.3, 0.4) is 0 Å². The minimum atomic E-state index is 0.625. The lowest BCUT2D eigenvalue weighted by Crippen LogP contribution is -2.37. The molecule has 1 atom stereocenters. The second kappa shape index (κ2) is 7.37. The topological polar surface area (TPSA) is 24.9 Å². The summed E-state index contributed by atoms with van der Waals surface area (Å²) in [6.07, 6.45) is 7.28. The van der Waals surface area contributed by atoms with Crippen LogP contribution in [0.4, 0.5) is 0 Å².